The molecule has 0 aromatic heterocycles. The highest BCUT2D eigenvalue weighted by Gasteiger charge is 2.26. The molecule has 2 aromatic rings. The van der Waals surface area contributed by atoms with Gasteiger partial charge in [0, 0.05) is 5.56 Å². The second-order valence-electron chi connectivity index (χ2n) is 8.05. The quantitative estimate of drug-likeness (QED) is 0.329. The standard InChI is InChI=1S/C25H28F4O/c1-3-4-15-30-21-14-13-20(24(28)25(21)29)18-10-6-17(7-11-18)8-12-19-9-5-16(2)22(26)23(19)27/h5,8-9,12-14,17-18H,3-4,6-7,10-11,15H2,1-2H3/b12-8+. The molecule has 0 bridgehead atoms. The minimum atomic E-state index is -0.914. The number of unbranched alkanes of at least 4 members (excludes halogenated alkanes) is 1. The van der Waals surface area contributed by atoms with Crippen LogP contribution in [0, 0.1) is 36.1 Å². The fourth-order valence-electron chi connectivity index (χ4n) is 3.95. The molecule has 0 spiro atoms. The highest BCUT2D eigenvalue weighted by Crippen LogP contribution is 2.39. The molecule has 1 aliphatic rings. The Hall–Kier alpha value is -2.30. The number of hydrogen-bond acceptors (Lipinski definition) is 1. The molecule has 1 aliphatic carbocycles. The zero-order chi connectivity index (χ0) is 21.7. The fourth-order valence-corrected chi connectivity index (χ4v) is 3.95. The van der Waals surface area contributed by atoms with Gasteiger partial charge in [0.2, 0.25) is 5.82 Å². The third kappa shape index (κ3) is 5.05. The average Bonchev–Trinajstić information content (AvgIpc) is 2.75. The van der Waals surface area contributed by atoms with E-state index in [2.05, 4.69) is 0 Å². The van der Waals surface area contributed by atoms with Crippen molar-refractivity contribution in [2.75, 3.05) is 6.61 Å². The molecular weight excluding hydrogens is 392 g/mol. The lowest BCUT2D eigenvalue weighted by Gasteiger charge is -2.27. The zero-order valence-corrected chi connectivity index (χ0v) is 17.5. The predicted octanol–water partition coefficient (Wildman–Crippen LogP) is 7.72. The van der Waals surface area contributed by atoms with Crippen molar-refractivity contribution in [3.8, 4) is 5.75 Å². The lowest BCUT2D eigenvalue weighted by Crippen LogP contribution is -2.14. The van der Waals surface area contributed by atoms with Gasteiger partial charge in [-0.1, -0.05) is 43.7 Å². The molecule has 0 N–H and O–H groups in total. The number of rotatable bonds is 7. The predicted molar refractivity (Wildman–Crippen MR) is 112 cm³/mol. The Bertz CT molecular complexity index is 899. The molecule has 1 nitrogen and oxygen atoms in total. The first-order chi connectivity index (χ1) is 14.4. The van der Waals surface area contributed by atoms with Crippen molar-refractivity contribution in [3.05, 3.63) is 70.3 Å². The first-order valence-corrected chi connectivity index (χ1v) is 10.7. The van der Waals surface area contributed by atoms with E-state index >= 15 is 0 Å². The van der Waals surface area contributed by atoms with Crippen LogP contribution in [0.15, 0.2) is 30.3 Å². The first-order valence-electron chi connectivity index (χ1n) is 10.7. The van der Waals surface area contributed by atoms with E-state index in [0.717, 1.165) is 25.7 Å². The van der Waals surface area contributed by atoms with E-state index in [1.165, 1.54) is 13.0 Å². The SMILES string of the molecule is CCCCOc1ccc(C2CCC(/C=C/c3ccc(C)c(F)c3F)CC2)c(F)c1F. The van der Waals surface area contributed by atoms with Gasteiger partial charge in [-0.2, -0.15) is 4.39 Å². The van der Waals surface area contributed by atoms with E-state index in [4.69, 9.17) is 4.74 Å². The molecule has 1 saturated carbocycles. The topological polar surface area (TPSA) is 9.23 Å². The van der Waals surface area contributed by atoms with E-state index in [-0.39, 0.29) is 28.7 Å². The molecule has 5 heteroatoms. The van der Waals surface area contributed by atoms with Crippen LogP contribution in [0.1, 0.15) is 68.1 Å². The smallest absolute Gasteiger partial charge is 0.200 e. The maximum atomic E-state index is 14.6. The molecule has 0 atom stereocenters. The number of ether oxygens (including phenoxy) is 1. The van der Waals surface area contributed by atoms with Crippen LogP contribution in [0.3, 0.4) is 0 Å². The lowest BCUT2D eigenvalue weighted by molar-refractivity contribution is 0.286. The van der Waals surface area contributed by atoms with Crippen molar-refractivity contribution in [3.63, 3.8) is 0 Å². The van der Waals surface area contributed by atoms with Crippen LogP contribution in [0.2, 0.25) is 0 Å². The van der Waals surface area contributed by atoms with E-state index in [1.807, 2.05) is 13.0 Å². The van der Waals surface area contributed by atoms with Crippen LogP contribution in [0.4, 0.5) is 17.6 Å². The van der Waals surface area contributed by atoms with Gasteiger partial charge in [-0.3, -0.25) is 0 Å². The van der Waals surface area contributed by atoms with Gasteiger partial charge in [-0.05, 0) is 68.1 Å². The third-order valence-corrected chi connectivity index (χ3v) is 5.90. The number of halogens is 4. The molecule has 0 amide bonds. The van der Waals surface area contributed by atoms with Crippen LogP contribution in [-0.4, -0.2) is 6.61 Å². The highest BCUT2D eigenvalue weighted by molar-refractivity contribution is 5.51. The normalized spacial score (nSPS) is 19.4. The summed E-state index contributed by atoms with van der Waals surface area (Å²) in [6.07, 6.45) is 8.22. The lowest BCUT2D eigenvalue weighted by atomic mass is 9.78. The van der Waals surface area contributed by atoms with Crippen LogP contribution < -0.4 is 4.74 Å². The highest BCUT2D eigenvalue weighted by atomic mass is 19.2. The van der Waals surface area contributed by atoms with E-state index < -0.39 is 23.3 Å². The van der Waals surface area contributed by atoms with Crippen molar-refractivity contribution in [2.24, 2.45) is 5.92 Å². The summed E-state index contributed by atoms with van der Waals surface area (Å²) in [6.45, 7) is 3.90. The Morgan fingerprint density at radius 2 is 1.63 bits per heavy atom. The molecule has 0 aliphatic heterocycles. The van der Waals surface area contributed by atoms with Gasteiger partial charge in [-0.25, -0.2) is 13.2 Å². The third-order valence-electron chi connectivity index (χ3n) is 5.90. The summed E-state index contributed by atoms with van der Waals surface area (Å²) >= 11 is 0. The largest absolute Gasteiger partial charge is 0.490 e. The van der Waals surface area contributed by atoms with Gasteiger partial charge in [0.05, 0.1) is 6.61 Å². The van der Waals surface area contributed by atoms with Crippen molar-refractivity contribution in [1.82, 2.24) is 0 Å². The Morgan fingerprint density at radius 1 is 0.900 bits per heavy atom. The monoisotopic (exact) mass is 420 g/mol. The average molecular weight is 420 g/mol. The Morgan fingerprint density at radius 3 is 2.33 bits per heavy atom. The molecule has 0 saturated heterocycles. The fraction of sp³-hybridized carbons (Fsp3) is 0.440. The van der Waals surface area contributed by atoms with Gasteiger partial charge in [0.1, 0.15) is 0 Å². The first kappa shape index (κ1) is 22.4. The van der Waals surface area contributed by atoms with Gasteiger partial charge < -0.3 is 4.74 Å². The van der Waals surface area contributed by atoms with Gasteiger partial charge in [-0.15, -0.1) is 0 Å². The molecule has 162 valence electrons. The Labute approximate surface area is 175 Å². The number of aryl methyl sites for hydroxylation is 1. The summed E-state index contributed by atoms with van der Waals surface area (Å²) in [5.74, 6) is -3.27. The molecule has 30 heavy (non-hydrogen) atoms. The summed E-state index contributed by atoms with van der Waals surface area (Å²) in [5, 5.41) is 0. The van der Waals surface area contributed by atoms with Crippen LogP contribution in [-0.2, 0) is 0 Å². The number of hydrogen-bond donors (Lipinski definition) is 0. The van der Waals surface area contributed by atoms with Crippen LogP contribution in [0.5, 0.6) is 5.75 Å². The molecule has 1 fully saturated rings. The minimum absolute atomic E-state index is 0.0336. The van der Waals surface area contributed by atoms with Crippen molar-refractivity contribution >= 4 is 6.08 Å². The minimum Gasteiger partial charge on any atom is -0.490 e. The Balaban J connectivity index is 1.62. The number of allylic oxidation sites excluding steroid dienone is 1. The maximum Gasteiger partial charge on any atom is 0.200 e. The summed E-state index contributed by atoms with van der Waals surface area (Å²) in [4.78, 5) is 0. The van der Waals surface area contributed by atoms with Gasteiger partial charge in [0.25, 0.3) is 0 Å². The van der Waals surface area contributed by atoms with Crippen molar-refractivity contribution < 1.29 is 22.3 Å². The van der Waals surface area contributed by atoms with E-state index in [9.17, 15) is 17.6 Å². The van der Waals surface area contributed by atoms with Crippen LogP contribution in [0.25, 0.3) is 6.08 Å². The zero-order valence-electron chi connectivity index (χ0n) is 17.5. The van der Waals surface area contributed by atoms with Gasteiger partial charge >= 0.3 is 0 Å². The second kappa shape index (κ2) is 10.1. The second-order valence-corrected chi connectivity index (χ2v) is 8.05. The van der Waals surface area contributed by atoms with E-state index in [0.29, 0.717) is 25.0 Å². The van der Waals surface area contributed by atoms with E-state index in [1.54, 1.807) is 24.3 Å². The van der Waals surface area contributed by atoms with Crippen LogP contribution >= 0.6 is 0 Å². The van der Waals surface area contributed by atoms with Crippen molar-refractivity contribution in [2.45, 2.75) is 58.3 Å². The summed E-state index contributed by atoms with van der Waals surface area (Å²) in [6, 6.07) is 6.27. The maximum absolute atomic E-state index is 14.6. The number of benzene rings is 2. The molecular formula is C25H28F4O. The summed E-state index contributed by atoms with van der Waals surface area (Å²) < 4.78 is 62.0. The molecule has 2 aromatic carbocycles. The molecule has 0 unspecified atom stereocenters. The molecule has 0 heterocycles. The molecule has 0 radical (unpaired) electrons. The summed E-state index contributed by atoms with van der Waals surface area (Å²) in [7, 11) is 0. The molecule has 3 rings (SSSR count). The van der Waals surface area contributed by atoms with Gasteiger partial charge in [0.15, 0.2) is 23.2 Å². The Kier molecular flexibility index (Phi) is 7.57. The van der Waals surface area contributed by atoms with Crippen molar-refractivity contribution in [1.29, 1.82) is 0 Å². The summed E-state index contributed by atoms with van der Waals surface area (Å²) in [5.41, 5.74) is 0.901.